The molecule has 0 N–H and O–H groups in total. The predicted molar refractivity (Wildman–Crippen MR) is 92.0 cm³/mol. The van der Waals surface area contributed by atoms with Crippen molar-refractivity contribution >= 4 is 14.0 Å². The van der Waals surface area contributed by atoms with Gasteiger partial charge in [0.25, 0.3) is 8.32 Å². The van der Waals surface area contributed by atoms with Crippen LogP contribution in [0.25, 0.3) is 0 Å². The smallest absolute Gasteiger partial charge is 0.278 e. The molecule has 1 aliphatic heterocycles. The quantitative estimate of drug-likeness (QED) is 0.466. The van der Waals surface area contributed by atoms with Gasteiger partial charge in [0.15, 0.2) is 0 Å². The van der Waals surface area contributed by atoms with Crippen LogP contribution in [0.2, 0.25) is 19.6 Å². The van der Waals surface area contributed by atoms with Crippen LogP contribution in [0.5, 0.6) is 0 Å². The molecule has 1 aliphatic rings. The van der Waals surface area contributed by atoms with E-state index in [9.17, 15) is 0 Å². The lowest BCUT2D eigenvalue weighted by molar-refractivity contribution is 0.284. The molecule has 0 spiro atoms. The molecule has 0 aromatic heterocycles. The summed E-state index contributed by atoms with van der Waals surface area (Å²) in [5.41, 5.74) is 3.69. The van der Waals surface area contributed by atoms with Gasteiger partial charge in [-0.25, -0.2) is 0 Å². The van der Waals surface area contributed by atoms with Crippen molar-refractivity contribution in [1.29, 1.82) is 0 Å². The van der Waals surface area contributed by atoms with Gasteiger partial charge in [0, 0.05) is 19.6 Å². The third kappa shape index (κ3) is 5.48. The van der Waals surface area contributed by atoms with Crippen LogP contribution in [0.15, 0.2) is 47.1 Å². The van der Waals surface area contributed by atoms with E-state index in [-0.39, 0.29) is 0 Å². The van der Waals surface area contributed by atoms with E-state index in [0.29, 0.717) is 0 Å². The molecule has 114 valence electrons. The SMILES string of the molecule is C/C(=N\O[Si](C)(C)C)C1=CCCN(Cc2ccccc2)C1. The fourth-order valence-corrected chi connectivity index (χ4v) is 2.72. The Morgan fingerprint density at radius 3 is 2.62 bits per heavy atom. The van der Waals surface area contributed by atoms with Gasteiger partial charge in [0.2, 0.25) is 0 Å². The van der Waals surface area contributed by atoms with Crippen molar-refractivity contribution in [2.45, 2.75) is 39.5 Å². The molecule has 1 aromatic carbocycles. The minimum Gasteiger partial charge on any atom is -0.455 e. The molecule has 2 rings (SSSR count). The summed E-state index contributed by atoms with van der Waals surface area (Å²) in [7, 11) is -1.59. The number of rotatable bonds is 5. The lowest BCUT2D eigenvalue weighted by atomic mass is 10.1. The molecule has 4 heteroatoms. The second-order valence-electron chi connectivity index (χ2n) is 6.59. The molecule has 1 aromatic rings. The molecule has 0 atom stereocenters. The van der Waals surface area contributed by atoms with E-state index in [0.717, 1.165) is 31.8 Å². The highest BCUT2D eigenvalue weighted by Gasteiger charge is 2.18. The molecule has 0 bridgehead atoms. The maximum atomic E-state index is 5.67. The maximum Gasteiger partial charge on any atom is 0.278 e. The van der Waals surface area contributed by atoms with Crippen molar-refractivity contribution in [3.8, 4) is 0 Å². The average molecular weight is 302 g/mol. The molecule has 0 fully saturated rings. The maximum absolute atomic E-state index is 5.67. The molecule has 0 unspecified atom stereocenters. The molecule has 0 aliphatic carbocycles. The highest BCUT2D eigenvalue weighted by Crippen LogP contribution is 2.15. The molecule has 0 saturated heterocycles. The fourth-order valence-electron chi connectivity index (χ4n) is 2.31. The van der Waals surface area contributed by atoms with Crippen LogP contribution in [0.4, 0.5) is 0 Å². The van der Waals surface area contributed by atoms with Crippen molar-refractivity contribution < 1.29 is 4.53 Å². The van der Waals surface area contributed by atoms with Crippen LogP contribution < -0.4 is 0 Å². The third-order valence-corrected chi connectivity index (χ3v) is 4.04. The highest BCUT2D eigenvalue weighted by molar-refractivity contribution is 6.69. The summed E-state index contributed by atoms with van der Waals surface area (Å²) in [6.07, 6.45) is 3.38. The van der Waals surface area contributed by atoms with Gasteiger partial charge in [-0.3, -0.25) is 4.90 Å². The summed E-state index contributed by atoms with van der Waals surface area (Å²) in [5, 5.41) is 4.34. The Morgan fingerprint density at radius 2 is 1.95 bits per heavy atom. The van der Waals surface area contributed by atoms with Crippen molar-refractivity contribution in [1.82, 2.24) is 4.90 Å². The monoisotopic (exact) mass is 302 g/mol. The van der Waals surface area contributed by atoms with Crippen molar-refractivity contribution in [3.05, 3.63) is 47.5 Å². The zero-order valence-electron chi connectivity index (χ0n) is 13.6. The molecule has 0 amide bonds. The Balaban J connectivity index is 1.95. The lowest BCUT2D eigenvalue weighted by Crippen LogP contribution is -2.31. The van der Waals surface area contributed by atoms with Crippen molar-refractivity contribution in [3.63, 3.8) is 0 Å². The normalized spacial score (nSPS) is 17.5. The predicted octanol–water partition coefficient (Wildman–Crippen LogP) is 4.05. The first-order valence-electron chi connectivity index (χ1n) is 7.62. The van der Waals surface area contributed by atoms with Crippen molar-refractivity contribution in [2.75, 3.05) is 13.1 Å². The first kappa shape index (κ1) is 16.0. The minimum atomic E-state index is -1.59. The first-order chi connectivity index (χ1) is 9.94. The number of benzene rings is 1. The molecule has 21 heavy (non-hydrogen) atoms. The summed E-state index contributed by atoms with van der Waals surface area (Å²) in [6, 6.07) is 10.6. The summed E-state index contributed by atoms with van der Waals surface area (Å²) >= 11 is 0. The number of hydrogen-bond acceptors (Lipinski definition) is 3. The Labute approximate surface area is 129 Å². The van der Waals surface area contributed by atoms with Gasteiger partial charge in [-0.05, 0) is 44.1 Å². The van der Waals surface area contributed by atoms with Crippen LogP contribution in [0.3, 0.4) is 0 Å². The molecule has 0 radical (unpaired) electrons. The van der Waals surface area contributed by atoms with E-state index >= 15 is 0 Å². The highest BCUT2D eigenvalue weighted by atomic mass is 28.4. The van der Waals surface area contributed by atoms with Gasteiger partial charge in [-0.15, -0.1) is 5.16 Å². The summed E-state index contributed by atoms with van der Waals surface area (Å²) < 4.78 is 5.67. The average Bonchev–Trinajstić information content (AvgIpc) is 2.45. The zero-order valence-corrected chi connectivity index (χ0v) is 14.6. The topological polar surface area (TPSA) is 24.8 Å². The largest absolute Gasteiger partial charge is 0.455 e. The summed E-state index contributed by atoms with van der Waals surface area (Å²) in [5.74, 6) is 0. The van der Waals surface area contributed by atoms with Gasteiger partial charge in [0.05, 0.1) is 5.71 Å². The van der Waals surface area contributed by atoms with E-state index < -0.39 is 8.32 Å². The van der Waals surface area contributed by atoms with E-state index in [1.54, 1.807) is 0 Å². The summed E-state index contributed by atoms with van der Waals surface area (Å²) in [4.78, 5) is 2.47. The number of oxime groups is 1. The Morgan fingerprint density at radius 1 is 1.24 bits per heavy atom. The Kier molecular flexibility index (Phi) is 5.37. The van der Waals surface area contributed by atoms with E-state index in [2.05, 4.69) is 73.0 Å². The van der Waals surface area contributed by atoms with Crippen LogP contribution in [-0.4, -0.2) is 32.0 Å². The van der Waals surface area contributed by atoms with E-state index in [1.165, 1.54) is 11.1 Å². The van der Waals surface area contributed by atoms with Crippen LogP contribution in [0, 0.1) is 0 Å². The van der Waals surface area contributed by atoms with Crippen LogP contribution in [0.1, 0.15) is 18.9 Å². The number of nitrogens with zero attached hydrogens (tertiary/aromatic N) is 2. The molecule has 0 saturated carbocycles. The first-order valence-corrected chi connectivity index (χ1v) is 11.0. The molecule has 3 nitrogen and oxygen atoms in total. The van der Waals surface area contributed by atoms with Crippen LogP contribution in [-0.2, 0) is 11.1 Å². The van der Waals surface area contributed by atoms with Crippen molar-refractivity contribution in [2.24, 2.45) is 5.16 Å². The molecular weight excluding hydrogens is 276 g/mol. The molecule has 1 heterocycles. The third-order valence-electron chi connectivity index (χ3n) is 3.40. The second kappa shape index (κ2) is 7.05. The lowest BCUT2D eigenvalue weighted by Gasteiger charge is -2.27. The molecular formula is C17H26N2OSi. The Hall–Kier alpha value is -1.39. The Bertz CT molecular complexity index is 517. The minimum absolute atomic E-state index is 0.958. The van der Waals surface area contributed by atoms with Crippen LogP contribution >= 0.6 is 0 Å². The summed E-state index contributed by atoms with van der Waals surface area (Å²) in [6.45, 7) is 11.6. The zero-order chi connectivity index (χ0) is 15.3. The van der Waals surface area contributed by atoms with Gasteiger partial charge >= 0.3 is 0 Å². The fraction of sp³-hybridized carbons (Fsp3) is 0.471. The van der Waals surface area contributed by atoms with Gasteiger partial charge in [-0.2, -0.15) is 0 Å². The second-order valence-corrected chi connectivity index (χ2v) is 11.0. The van der Waals surface area contributed by atoms with Gasteiger partial charge in [-0.1, -0.05) is 36.4 Å². The standard InChI is InChI=1S/C17H26N2OSi/c1-15(18-20-21(2,3)4)17-11-8-12-19(14-17)13-16-9-6-5-7-10-16/h5-7,9-11H,8,12-14H2,1-4H3/b18-15+. The van der Waals surface area contributed by atoms with Gasteiger partial charge in [0.1, 0.15) is 0 Å². The van der Waals surface area contributed by atoms with Gasteiger partial charge < -0.3 is 4.53 Å². The van der Waals surface area contributed by atoms with E-state index in [4.69, 9.17) is 4.53 Å². The van der Waals surface area contributed by atoms with E-state index in [1.807, 2.05) is 0 Å². The number of hydrogen-bond donors (Lipinski definition) is 0.